The quantitative estimate of drug-likeness (QED) is 0.397. The summed E-state index contributed by atoms with van der Waals surface area (Å²) in [6, 6.07) is 4.28. The normalized spacial score (nSPS) is 21.1. The van der Waals surface area contributed by atoms with Crippen molar-refractivity contribution in [2.24, 2.45) is 16.3 Å². The van der Waals surface area contributed by atoms with Crippen LogP contribution < -0.4 is 10.6 Å². The average molecular weight is 429 g/mol. The number of carbonyl (C=O) groups is 2. The molecule has 0 bridgehead atoms. The molecule has 0 spiro atoms. The number of nitrogens with zero attached hydrogens (tertiary/aromatic N) is 1. The van der Waals surface area contributed by atoms with Gasteiger partial charge in [-0.25, -0.2) is 22.4 Å². The molecule has 0 aromatic heterocycles. The number of halogens is 4. The Bertz CT molecular complexity index is 1210. The first kappa shape index (κ1) is 20.5. The van der Waals surface area contributed by atoms with Crippen molar-refractivity contribution in [3.05, 3.63) is 83.6 Å². The summed E-state index contributed by atoms with van der Waals surface area (Å²) < 4.78 is 57.1. The van der Waals surface area contributed by atoms with Gasteiger partial charge in [-0.05, 0) is 31.2 Å². The van der Waals surface area contributed by atoms with Gasteiger partial charge in [0, 0.05) is 29.6 Å². The summed E-state index contributed by atoms with van der Waals surface area (Å²) >= 11 is 0. The maximum atomic E-state index is 15.1. The van der Waals surface area contributed by atoms with Crippen LogP contribution in [0.1, 0.15) is 17.3 Å². The number of anilines is 2. The van der Waals surface area contributed by atoms with Crippen molar-refractivity contribution in [1.29, 1.82) is 0 Å². The predicted octanol–water partition coefficient (Wildman–Crippen LogP) is 5.23. The third-order valence-corrected chi connectivity index (χ3v) is 5.27. The molecule has 2 N–H and O–H groups in total. The van der Waals surface area contributed by atoms with Crippen LogP contribution in [0.15, 0.2) is 59.8 Å². The Morgan fingerprint density at radius 1 is 1.06 bits per heavy atom. The highest BCUT2D eigenvalue weighted by atomic mass is 19.2. The SMILES string of the molecule is C[C@]1(C(=O)c2c(F)c(F)cc(NC(=O)Nc3cccc(F)c3)c2F)C=CC2=NC=CC21. The van der Waals surface area contributed by atoms with E-state index in [0.717, 1.165) is 12.1 Å². The number of ketones is 1. The fraction of sp³-hybridized carbons (Fsp3) is 0.136. The summed E-state index contributed by atoms with van der Waals surface area (Å²) in [6.07, 6.45) is 6.14. The Hall–Kier alpha value is -3.75. The molecule has 158 valence electrons. The van der Waals surface area contributed by atoms with Gasteiger partial charge >= 0.3 is 6.03 Å². The molecule has 2 aliphatic rings. The molecule has 1 aliphatic carbocycles. The molecule has 0 fully saturated rings. The van der Waals surface area contributed by atoms with Crippen LogP contribution in [0.3, 0.4) is 0 Å². The van der Waals surface area contributed by atoms with Crippen molar-refractivity contribution in [3.8, 4) is 0 Å². The summed E-state index contributed by atoms with van der Waals surface area (Å²) in [7, 11) is 0. The Labute approximate surface area is 174 Å². The summed E-state index contributed by atoms with van der Waals surface area (Å²) in [4.78, 5) is 29.3. The number of carbonyl (C=O) groups excluding carboxylic acids is 2. The molecular weight excluding hydrogens is 414 g/mol. The molecule has 1 aliphatic heterocycles. The summed E-state index contributed by atoms with van der Waals surface area (Å²) in [6.45, 7) is 1.47. The van der Waals surface area contributed by atoms with Crippen LogP contribution in [0.2, 0.25) is 0 Å². The van der Waals surface area contributed by atoms with Crippen LogP contribution in [0.4, 0.5) is 33.7 Å². The minimum absolute atomic E-state index is 0.0558. The zero-order chi connectivity index (χ0) is 22.3. The van der Waals surface area contributed by atoms with Crippen molar-refractivity contribution in [2.75, 3.05) is 10.6 Å². The van der Waals surface area contributed by atoms with Gasteiger partial charge in [-0.3, -0.25) is 9.79 Å². The number of urea groups is 1. The standard InChI is InChI=1S/C22H15F4N3O2/c1-22(7-5-15-13(22)6-8-27-15)20(30)17-18(25)14(24)10-16(19(17)26)29-21(31)28-12-4-2-3-11(23)9-12/h2-10,13H,1H3,(H2,28,29,31)/t13?,22-/m0/s1. The monoisotopic (exact) mass is 429 g/mol. The van der Waals surface area contributed by atoms with Crippen LogP contribution in [-0.4, -0.2) is 17.5 Å². The number of allylic oxidation sites excluding steroid dienone is 3. The Kier molecular flexibility index (Phi) is 4.96. The molecule has 9 heteroatoms. The lowest BCUT2D eigenvalue weighted by Crippen LogP contribution is -2.34. The number of Topliss-reactive ketones (excluding diaryl/α,β-unsaturated/α-hetero) is 1. The van der Waals surface area contributed by atoms with E-state index in [4.69, 9.17) is 0 Å². The number of amides is 2. The topological polar surface area (TPSA) is 70.6 Å². The molecule has 4 rings (SSSR count). The zero-order valence-electron chi connectivity index (χ0n) is 16.0. The third kappa shape index (κ3) is 3.52. The Morgan fingerprint density at radius 3 is 2.58 bits per heavy atom. The third-order valence-electron chi connectivity index (χ3n) is 5.27. The van der Waals surface area contributed by atoms with Gasteiger partial charge in [0.15, 0.2) is 23.2 Å². The fourth-order valence-corrected chi connectivity index (χ4v) is 3.64. The highest BCUT2D eigenvalue weighted by Gasteiger charge is 2.47. The summed E-state index contributed by atoms with van der Waals surface area (Å²) in [5.41, 5.74) is -2.60. The van der Waals surface area contributed by atoms with Crippen LogP contribution >= 0.6 is 0 Å². The van der Waals surface area contributed by atoms with E-state index in [2.05, 4.69) is 10.3 Å². The lowest BCUT2D eigenvalue weighted by Gasteiger charge is -2.26. The Morgan fingerprint density at radius 2 is 1.84 bits per heavy atom. The van der Waals surface area contributed by atoms with E-state index in [1.54, 1.807) is 12.2 Å². The summed E-state index contributed by atoms with van der Waals surface area (Å²) in [5.74, 6) is -6.72. The maximum absolute atomic E-state index is 15.1. The maximum Gasteiger partial charge on any atom is 0.323 e. The van der Waals surface area contributed by atoms with Crippen molar-refractivity contribution >= 4 is 28.9 Å². The molecule has 31 heavy (non-hydrogen) atoms. The van der Waals surface area contributed by atoms with E-state index in [1.807, 2.05) is 5.32 Å². The molecule has 2 amide bonds. The van der Waals surface area contributed by atoms with E-state index in [1.165, 1.54) is 31.3 Å². The molecule has 0 radical (unpaired) electrons. The molecule has 5 nitrogen and oxygen atoms in total. The van der Waals surface area contributed by atoms with E-state index < -0.39 is 57.7 Å². The minimum Gasteiger partial charge on any atom is -0.308 e. The second kappa shape index (κ2) is 7.50. The van der Waals surface area contributed by atoms with Crippen LogP contribution in [-0.2, 0) is 0 Å². The van der Waals surface area contributed by atoms with E-state index in [-0.39, 0.29) is 5.69 Å². The molecule has 2 atom stereocenters. The second-order valence-corrected chi connectivity index (χ2v) is 7.32. The lowest BCUT2D eigenvalue weighted by atomic mass is 9.74. The van der Waals surface area contributed by atoms with E-state index in [0.29, 0.717) is 11.8 Å². The van der Waals surface area contributed by atoms with Crippen LogP contribution in [0, 0.1) is 34.6 Å². The minimum atomic E-state index is -1.65. The van der Waals surface area contributed by atoms with Gasteiger partial charge in [-0.1, -0.05) is 18.2 Å². The van der Waals surface area contributed by atoms with Gasteiger partial charge in [0.1, 0.15) is 5.82 Å². The van der Waals surface area contributed by atoms with Gasteiger partial charge in [0.25, 0.3) is 0 Å². The van der Waals surface area contributed by atoms with Crippen molar-refractivity contribution in [1.82, 2.24) is 0 Å². The molecule has 2 aromatic rings. The largest absolute Gasteiger partial charge is 0.323 e. The fourth-order valence-electron chi connectivity index (χ4n) is 3.64. The number of benzene rings is 2. The van der Waals surface area contributed by atoms with Crippen molar-refractivity contribution in [3.63, 3.8) is 0 Å². The van der Waals surface area contributed by atoms with Gasteiger partial charge in [-0.15, -0.1) is 0 Å². The molecule has 1 heterocycles. The Balaban J connectivity index is 1.65. The number of rotatable bonds is 4. The average Bonchev–Trinajstić information content (AvgIpc) is 3.31. The van der Waals surface area contributed by atoms with Gasteiger partial charge in [0.2, 0.25) is 0 Å². The highest BCUT2D eigenvalue weighted by Crippen LogP contribution is 2.43. The zero-order valence-corrected chi connectivity index (χ0v) is 16.0. The second-order valence-electron chi connectivity index (χ2n) is 7.32. The van der Waals surface area contributed by atoms with Gasteiger partial charge in [0.05, 0.1) is 16.7 Å². The number of aliphatic imine (C=N–C) groups is 1. The molecule has 0 saturated heterocycles. The molecule has 2 aromatic carbocycles. The first-order valence-electron chi connectivity index (χ1n) is 9.20. The smallest absolute Gasteiger partial charge is 0.308 e. The van der Waals surface area contributed by atoms with E-state index >= 15 is 4.39 Å². The van der Waals surface area contributed by atoms with Gasteiger partial charge in [-0.2, -0.15) is 0 Å². The highest BCUT2D eigenvalue weighted by molar-refractivity contribution is 6.13. The molecular formula is C22H15F4N3O2. The first-order chi connectivity index (χ1) is 14.7. The number of hydrogen-bond donors (Lipinski definition) is 2. The number of hydrogen-bond acceptors (Lipinski definition) is 3. The van der Waals surface area contributed by atoms with E-state index in [9.17, 15) is 22.8 Å². The van der Waals surface area contributed by atoms with Gasteiger partial charge < -0.3 is 10.6 Å². The van der Waals surface area contributed by atoms with Crippen LogP contribution in [0.25, 0.3) is 0 Å². The predicted molar refractivity (Wildman–Crippen MR) is 107 cm³/mol. The van der Waals surface area contributed by atoms with Crippen LogP contribution in [0.5, 0.6) is 0 Å². The molecule has 1 unspecified atom stereocenters. The number of fused-ring (bicyclic) bond motifs is 1. The first-order valence-corrected chi connectivity index (χ1v) is 9.20. The lowest BCUT2D eigenvalue weighted by molar-refractivity contribution is 0.0845. The molecule has 0 saturated carbocycles. The van der Waals surface area contributed by atoms with Crippen molar-refractivity contribution < 1.29 is 27.2 Å². The van der Waals surface area contributed by atoms with Crippen molar-refractivity contribution in [2.45, 2.75) is 6.92 Å². The summed E-state index contributed by atoms with van der Waals surface area (Å²) in [5, 5.41) is 4.27. The number of nitrogens with one attached hydrogen (secondary N) is 2.